The van der Waals surface area contributed by atoms with Crippen molar-refractivity contribution in [2.24, 2.45) is 10.2 Å². The molecule has 32 heavy (non-hydrogen) atoms. The van der Waals surface area contributed by atoms with E-state index >= 15 is 0 Å². The van der Waals surface area contributed by atoms with Crippen LogP contribution in [0.5, 0.6) is 0 Å². The molecule has 0 atom stereocenters. The molecule has 0 aliphatic rings. The normalized spacial score (nSPS) is 11.6. The first-order chi connectivity index (χ1) is 14.8. The molecule has 9 heteroatoms. The summed E-state index contributed by atoms with van der Waals surface area (Å²) in [5.41, 5.74) is 11.3. The van der Waals surface area contributed by atoms with Crippen LogP contribution in [-0.4, -0.2) is 47.5 Å². The number of fused-ring (bicyclic) bond motifs is 1. The van der Waals surface area contributed by atoms with E-state index in [4.69, 9.17) is 5.73 Å². The van der Waals surface area contributed by atoms with E-state index in [9.17, 15) is 13.0 Å². The fourth-order valence-electron chi connectivity index (χ4n) is 3.39. The van der Waals surface area contributed by atoms with E-state index < -0.39 is 10.1 Å². The van der Waals surface area contributed by atoms with Gasteiger partial charge in [-0.3, -0.25) is 9.54 Å². The van der Waals surface area contributed by atoms with Gasteiger partial charge in [0.2, 0.25) is 0 Å². The van der Waals surface area contributed by atoms with Crippen LogP contribution in [0.15, 0.2) is 82.0 Å². The number of anilines is 1. The first-order valence-electron chi connectivity index (χ1n) is 9.49. The molecule has 0 bridgehead atoms. The SMILES string of the molecule is Cc1cccc(-c2ccc(/N=N/c3cc(S(=O)(=O)O)c4ccccc4c3N)cn2)c1C.[NaH]. The number of azo groups is 1. The van der Waals surface area contributed by atoms with E-state index in [-0.39, 0.29) is 45.8 Å². The predicted octanol–water partition coefficient (Wildman–Crippen LogP) is 5.11. The Morgan fingerprint density at radius 2 is 1.66 bits per heavy atom. The number of benzene rings is 3. The monoisotopic (exact) mass is 456 g/mol. The summed E-state index contributed by atoms with van der Waals surface area (Å²) in [6.07, 6.45) is 1.58. The Kier molecular flexibility index (Phi) is 7.12. The molecule has 0 aliphatic carbocycles. The number of rotatable bonds is 4. The van der Waals surface area contributed by atoms with Crippen LogP contribution in [0.3, 0.4) is 0 Å². The Morgan fingerprint density at radius 3 is 2.31 bits per heavy atom. The second kappa shape index (κ2) is 9.48. The Balaban J connectivity index is 0.00000289. The zero-order chi connectivity index (χ0) is 22.2. The molecule has 4 rings (SSSR count). The molecular weight excluding hydrogens is 435 g/mol. The van der Waals surface area contributed by atoms with Gasteiger partial charge in [0.25, 0.3) is 10.1 Å². The van der Waals surface area contributed by atoms with Crippen molar-refractivity contribution >= 4 is 67.5 Å². The van der Waals surface area contributed by atoms with Gasteiger partial charge in [0.1, 0.15) is 16.3 Å². The van der Waals surface area contributed by atoms with Crippen LogP contribution < -0.4 is 5.73 Å². The Labute approximate surface area is 208 Å². The molecule has 1 heterocycles. The van der Waals surface area contributed by atoms with E-state index in [1.165, 1.54) is 11.6 Å². The average molecular weight is 457 g/mol. The quantitative estimate of drug-likeness (QED) is 0.191. The third-order valence-electron chi connectivity index (χ3n) is 5.21. The molecule has 0 unspecified atom stereocenters. The molecule has 0 saturated heterocycles. The van der Waals surface area contributed by atoms with Crippen molar-refractivity contribution in [3.8, 4) is 11.3 Å². The number of hydrogen-bond donors (Lipinski definition) is 2. The van der Waals surface area contributed by atoms with Gasteiger partial charge in [-0.25, -0.2) is 0 Å². The van der Waals surface area contributed by atoms with Crippen molar-refractivity contribution in [1.82, 2.24) is 4.98 Å². The standard InChI is InChI=1S/C23H20N4O3S.Na.H/c1-14-6-5-9-17(15(14)2)20-11-10-16(13-25-20)26-27-21-12-22(31(28,29)30)18-7-3-4-8-19(18)23(21)24;;/h3-13H,24H2,1-2H3,(H,28,29,30);;/b27-26+;;. The van der Waals surface area contributed by atoms with Gasteiger partial charge < -0.3 is 5.73 Å². The molecular formula is C23H21N4NaO3S. The second-order valence-electron chi connectivity index (χ2n) is 7.18. The van der Waals surface area contributed by atoms with Crippen LogP contribution in [0.25, 0.3) is 22.0 Å². The van der Waals surface area contributed by atoms with Crippen LogP contribution in [0.4, 0.5) is 17.1 Å². The van der Waals surface area contributed by atoms with Crippen molar-refractivity contribution in [1.29, 1.82) is 0 Å². The minimum atomic E-state index is -4.47. The van der Waals surface area contributed by atoms with Crippen molar-refractivity contribution < 1.29 is 13.0 Å². The predicted molar refractivity (Wildman–Crippen MR) is 129 cm³/mol. The van der Waals surface area contributed by atoms with Gasteiger partial charge >= 0.3 is 29.6 Å². The average Bonchev–Trinajstić information content (AvgIpc) is 2.75. The molecule has 0 radical (unpaired) electrons. The molecule has 0 saturated carbocycles. The van der Waals surface area contributed by atoms with Gasteiger partial charge in [0, 0.05) is 16.3 Å². The van der Waals surface area contributed by atoms with Crippen molar-refractivity contribution in [3.63, 3.8) is 0 Å². The van der Waals surface area contributed by atoms with E-state index in [2.05, 4.69) is 35.1 Å². The zero-order valence-corrected chi connectivity index (χ0v) is 17.8. The third-order valence-corrected chi connectivity index (χ3v) is 6.10. The van der Waals surface area contributed by atoms with Crippen molar-refractivity contribution in [3.05, 3.63) is 78.0 Å². The van der Waals surface area contributed by atoms with Crippen LogP contribution in [0.1, 0.15) is 11.1 Å². The molecule has 0 amide bonds. The summed E-state index contributed by atoms with van der Waals surface area (Å²) in [6.45, 7) is 4.10. The fraction of sp³-hybridized carbons (Fsp3) is 0.0870. The molecule has 3 aromatic carbocycles. The van der Waals surface area contributed by atoms with E-state index in [0.29, 0.717) is 16.5 Å². The zero-order valence-electron chi connectivity index (χ0n) is 16.9. The first-order valence-corrected chi connectivity index (χ1v) is 10.9. The molecule has 0 fully saturated rings. The van der Waals surface area contributed by atoms with Gasteiger partial charge in [-0.15, -0.1) is 10.2 Å². The molecule has 0 spiro atoms. The van der Waals surface area contributed by atoms with E-state index in [1.54, 1.807) is 36.5 Å². The molecule has 0 aliphatic heterocycles. The first kappa shape index (κ1) is 24.0. The van der Waals surface area contributed by atoms with Gasteiger partial charge in [0.05, 0.1) is 17.6 Å². The molecule has 3 N–H and O–H groups in total. The van der Waals surface area contributed by atoms with Gasteiger partial charge in [0.15, 0.2) is 0 Å². The topological polar surface area (TPSA) is 118 Å². The van der Waals surface area contributed by atoms with E-state index in [1.807, 2.05) is 18.2 Å². The van der Waals surface area contributed by atoms with Crippen molar-refractivity contribution in [2.45, 2.75) is 18.7 Å². The number of aromatic nitrogens is 1. The Hall–Kier alpha value is -2.62. The molecule has 158 valence electrons. The summed E-state index contributed by atoms with van der Waals surface area (Å²) in [6, 6.07) is 17.5. The van der Waals surface area contributed by atoms with Crippen LogP contribution in [-0.2, 0) is 10.1 Å². The number of pyridine rings is 1. The van der Waals surface area contributed by atoms with Crippen LogP contribution in [0.2, 0.25) is 0 Å². The van der Waals surface area contributed by atoms with Gasteiger partial charge in [-0.2, -0.15) is 8.42 Å². The third kappa shape index (κ3) is 4.74. The second-order valence-corrected chi connectivity index (χ2v) is 8.57. The summed E-state index contributed by atoms with van der Waals surface area (Å²) >= 11 is 0. The van der Waals surface area contributed by atoms with Crippen LogP contribution >= 0.6 is 0 Å². The summed E-state index contributed by atoms with van der Waals surface area (Å²) in [4.78, 5) is 4.20. The summed E-state index contributed by atoms with van der Waals surface area (Å²) in [5, 5.41) is 9.05. The maximum atomic E-state index is 11.8. The van der Waals surface area contributed by atoms with Crippen LogP contribution in [0, 0.1) is 13.8 Å². The Bertz CT molecular complexity index is 1440. The number of nitrogens with two attached hydrogens (primary N) is 1. The summed E-state index contributed by atoms with van der Waals surface area (Å²) in [5.74, 6) is 0. The van der Waals surface area contributed by atoms with Crippen molar-refractivity contribution in [2.75, 3.05) is 5.73 Å². The number of aryl methyl sites for hydroxylation is 1. The summed E-state index contributed by atoms with van der Waals surface area (Å²) < 4.78 is 33.3. The maximum absolute atomic E-state index is 11.8. The van der Waals surface area contributed by atoms with Gasteiger partial charge in [-0.05, 0) is 43.2 Å². The number of nitrogen functional groups attached to an aromatic ring is 1. The Morgan fingerprint density at radius 1 is 0.938 bits per heavy atom. The molecule has 1 aromatic heterocycles. The molecule has 7 nitrogen and oxygen atoms in total. The van der Waals surface area contributed by atoms with Gasteiger partial charge in [-0.1, -0.05) is 42.5 Å². The van der Waals surface area contributed by atoms with E-state index in [0.717, 1.165) is 16.8 Å². The number of hydrogen-bond acceptors (Lipinski definition) is 6. The number of nitrogens with zero attached hydrogens (tertiary/aromatic N) is 3. The minimum absolute atomic E-state index is 0. The molecule has 4 aromatic rings. The summed E-state index contributed by atoms with van der Waals surface area (Å²) in [7, 11) is -4.47. The fourth-order valence-corrected chi connectivity index (χ4v) is 4.11.